The Bertz CT molecular complexity index is 622. The van der Waals surface area contributed by atoms with Gasteiger partial charge in [0.1, 0.15) is 11.4 Å². The van der Waals surface area contributed by atoms with Gasteiger partial charge >= 0.3 is 5.97 Å². The van der Waals surface area contributed by atoms with E-state index in [0.717, 1.165) is 32.1 Å². The number of hydrogen-bond donors (Lipinski definition) is 0. The molecule has 0 aromatic rings. The fourth-order valence-electron chi connectivity index (χ4n) is 5.26. The molecule has 3 fully saturated rings. The first-order chi connectivity index (χ1) is 12.0. The van der Waals surface area contributed by atoms with Crippen LogP contribution < -0.4 is 0 Å². The van der Waals surface area contributed by atoms with E-state index in [1.54, 1.807) is 0 Å². The van der Waals surface area contributed by atoms with Crippen LogP contribution in [0.5, 0.6) is 0 Å². The minimum Gasteiger partial charge on any atom is -0.460 e. The highest BCUT2D eigenvalue weighted by Gasteiger charge is 2.59. The van der Waals surface area contributed by atoms with E-state index in [9.17, 15) is 9.59 Å². The standard InChI is InChI=1S/C22H34O4/c1-14-7-8-19-22(6,26-19)12-9-17-16(14)13-21(17,5)18(24)10-11-20(3,4)25-15(2)23/h16-17,19H,1,7-13H2,2-6H3/t16-,17-,19-,21+,22+/m1/s1. The van der Waals surface area contributed by atoms with Crippen LogP contribution in [-0.2, 0) is 19.1 Å². The van der Waals surface area contributed by atoms with Gasteiger partial charge in [0.05, 0.1) is 11.7 Å². The van der Waals surface area contributed by atoms with Crippen molar-refractivity contribution in [3.8, 4) is 0 Å². The molecule has 1 saturated heterocycles. The minimum absolute atomic E-state index is 0.0199. The van der Waals surface area contributed by atoms with Crippen molar-refractivity contribution >= 4 is 11.8 Å². The Morgan fingerprint density at radius 1 is 1.31 bits per heavy atom. The van der Waals surface area contributed by atoms with Crippen molar-refractivity contribution in [2.24, 2.45) is 17.3 Å². The van der Waals surface area contributed by atoms with Crippen molar-refractivity contribution < 1.29 is 19.1 Å². The fourth-order valence-corrected chi connectivity index (χ4v) is 5.26. The highest BCUT2D eigenvalue weighted by molar-refractivity contribution is 5.86. The van der Waals surface area contributed by atoms with Gasteiger partial charge < -0.3 is 9.47 Å². The summed E-state index contributed by atoms with van der Waals surface area (Å²) in [6.07, 6.45) is 6.49. The number of esters is 1. The van der Waals surface area contributed by atoms with E-state index in [-0.39, 0.29) is 17.0 Å². The molecule has 0 aromatic carbocycles. The van der Waals surface area contributed by atoms with Crippen LogP contribution in [0, 0.1) is 17.3 Å². The first kappa shape index (κ1) is 19.6. The van der Waals surface area contributed by atoms with Crippen LogP contribution >= 0.6 is 0 Å². The Hall–Kier alpha value is -1.16. The third-order valence-electron chi connectivity index (χ3n) is 7.20. The topological polar surface area (TPSA) is 55.9 Å². The van der Waals surface area contributed by atoms with Crippen LogP contribution in [0.3, 0.4) is 0 Å². The SMILES string of the molecule is C=C1CC[C@H]2O[C@@]2(C)CC[C@@H]2[C@@H]1C[C@]2(C)C(=O)CCC(C)(C)OC(C)=O. The molecule has 3 rings (SSSR count). The molecular formula is C22H34O4. The summed E-state index contributed by atoms with van der Waals surface area (Å²) in [5.41, 5.74) is 0.461. The number of allylic oxidation sites excluding steroid dienone is 1. The molecule has 0 bridgehead atoms. The summed E-state index contributed by atoms with van der Waals surface area (Å²) in [6, 6.07) is 0. The number of epoxide rings is 1. The second-order valence-corrected chi connectivity index (χ2v) is 9.77. The van der Waals surface area contributed by atoms with Crippen LogP contribution in [0.15, 0.2) is 12.2 Å². The van der Waals surface area contributed by atoms with Crippen molar-refractivity contribution in [1.82, 2.24) is 0 Å². The fraction of sp³-hybridized carbons (Fsp3) is 0.818. The molecule has 0 radical (unpaired) electrons. The van der Waals surface area contributed by atoms with Crippen molar-refractivity contribution in [3.05, 3.63) is 12.2 Å². The van der Waals surface area contributed by atoms with Gasteiger partial charge in [0, 0.05) is 18.8 Å². The number of hydrogen-bond acceptors (Lipinski definition) is 4. The zero-order valence-electron chi connectivity index (χ0n) is 17.0. The number of rotatable bonds is 5. The van der Waals surface area contributed by atoms with E-state index in [4.69, 9.17) is 9.47 Å². The molecule has 4 nitrogen and oxygen atoms in total. The first-order valence-corrected chi connectivity index (χ1v) is 10.1. The predicted octanol–water partition coefficient (Wildman–Crippen LogP) is 4.61. The van der Waals surface area contributed by atoms with Crippen LogP contribution in [0.25, 0.3) is 0 Å². The Kier molecular flexibility index (Phi) is 4.88. The molecule has 2 aliphatic carbocycles. The van der Waals surface area contributed by atoms with Crippen LogP contribution in [0.2, 0.25) is 0 Å². The molecular weight excluding hydrogens is 328 g/mol. The highest BCUT2D eigenvalue weighted by atomic mass is 16.6. The third-order valence-corrected chi connectivity index (χ3v) is 7.20. The molecule has 3 aliphatic rings. The average Bonchev–Trinajstić information content (AvgIpc) is 3.15. The smallest absolute Gasteiger partial charge is 0.303 e. The Balaban J connectivity index is 1.64. The summed E-state index contributed by atoms with van der Waals surface area (Å²) in [5, 5.41) is 0. The van der Waals surface area contributed by atoms with Gasteiger partial charge in [0.15, 0.2) is 0 Å². The Labute approximate surface area is 157 Å². The van der Waals surface area contributed by atoms with Gasteiger partial charge in [0.2, 0.25) is 0 Å². The van der Waals surface area contributed by atoms with Crippen LogP contribution in [-0.4, -0.2) is 29.1 Å². The normalized spacial score (nSPS) is 39.4. The Morgan fingerprint density at radius 2 is 2.00 bits per heavy atom. The number of carbonyl (C=O) groups excluding carboxylic acids is 2. The van der Waals surface area contributed by atoms with Crippen molar-refractivity contribution in [2.45, 2.75) is 96.9 Å². The lowest BCUT2D eigenvalue weighted by Crippen LogP contribution is -2.52. The molecule has 0 N–H and O–H groups in total. The predicted molar refractivity (Wildman–Crippen MR) is 101 cm³/mol. The van der Waals surface area contributed by atoms with Crippen LogP contribution in [0.4, 0.5) is 0 Å². The zero-order chi connectivity index (χ0) is 19.3. The lowest BCUT2D eigenvalue weighted by molar-refractivity contribution is -0.156. The number of ether oxygens (including phenoxy) is 2. The lowest BCUT2D eigenvalue weighted by atomic mass is 9.49. The molecule has 0 aromatic heterocycles. The van der Waals surface area contributed by atoms with Gasteiger partial charge in [-0.25, -0.2) is 0 Å². The quantitative estimate of drug-likeness (QED) is 0.407. The van der Waals surface area contributed by atoms with E-state index in [0.29, 0.717) is 36.6 Å². The van der Waals surface area contributed by atoms with Gasteiger partial charge in [-0.05, 0) is 71.1 Å². The number of Topliss-reactive ketones (excluding diaryl/α,β-unsaturated/α-hetero) is 1. The van der Waals surface area contributed by atoms with Gasteiger partial charge in [-0.15, -0.1) is 0 Å². The van der Waals surface area contributed by atoms with E-state index in [2.05, 4.69) is 20.4 Å². The molecule has 4 heteroatoms. The van der Waals surface area contributed by atoms with Gasteiger partial charge in [-0.2, -0.15) is 0 Å². The van der Waals surface area contributed by atoms with E-state index < -0.39 is 5.60 Å². The van der Waals surface area contributed by atoms with Crippen molar-refractivity contribution in [2.75, 3.05) is 0 Å². The minimum atomic E-state index is -0.592. The molecule has 1 heterocycles. The Morgan fingerprint density at radius 3 is 2.65 bits per heavy atom. The molecule has 1 aliphatic heterocycles. The zero-order valence-corrected chi connectivity index (χ0v) is 17.0. The number of carbonyl (C=O) groups is 2. The summed E-state index contributed by atoms with van der Waals surface area (Å²) in [4.78, 5) is 24.3. The van der Waals surface area contributed by atoms with Gasteiger partial charge in [-0.1, -0.05) is 19.1 Å². The average molecular weight is 363 g/mol. The van der Waals surface area contributed by atoms with Crippen LogP contribution in [0.1, 0.15) is 79.6 Å². The highest BCUT2D eigenvalue weighted by Crippen LogP contribution is 2.60. The number of ketones is 1. The molecule has 0 unspecified atom stereocenters. The second-order valence-electron chi connectivity index (χ2n) is 9.77. The third kappa shape index (κ3) is 3.62. The maximum atomic E-state index is 13.1. The van der Waals surface area contributed by atoms with Crippen molar-refractivity contribution in [1.29, 1.82) is 0 Å². The molecule has 2 saturated carbocycles. The summed E-state index contributed by atoms with van der Waals surface area (Å²) in [6.45, 7) is 13.8. The molecule has 146 valence electrons. The van der Waals surface area contributed by atoms with Gasteiger partial charge in [-0.3, -0.25) is 9.59 Å². The molecule has 0 amide bonds. The first-order valence-electron chi connectivity index (χ1n) is 10.1. The molecule has 0 spiro atoms. The van der Waals surface area contributed by atoms with E-state index in [1.165, 1.54) is 12.5 Å². The van der Waals surface area contributed by atoms with E-state index >= 15 is 0 Å². The van der Waals surface area contributed by atoms with Crippen molar-refractivity contribution in [3.63, 3.8) is 0 Å². The van der Waals surface area contributed by atoms with Gasteiger partial charge in [0.25, 0.3) is 0 Å². The molecule has 26 heavy (non-hydrogen) atoms. The number of fused-ring (bicyclic) bond motifs is 2. The monoisotopic (exact) mass is 362 g/mol. The summed E-state index contributed by atoms with van der Waals surface area (Å²) >= 11 is 0. The maximum Gasteiger partial charge on any atom is 0.303 e. The molecule has 5 atom stereocenters. The summed E-state index contributed by atoms with van der Waals surface area (Å²) in [7, 11) is 0. The summed E-state index contributed by atoms with van der Waals surface area (Å²) < 4.78 is 11.3. The second kappa shape index (κ2) is 6.47. The lowest BCUT2D eigenvalue weighted by Gasteiger charge is -2.54. The maximum absolute atomic E-state index is 13.1. The summed E-state index contributed by atoms with van der Waals surface area (Å²) in [5.74, 6) is 0.868. The largest absolute Gasteiger partial charge is 0.460 e. The van der Waals surface area contributed by atoms with E-state index in [1.807, 2.05) is 13.8 Å².